The molecule has 0 amide bonds. The van der Waals surface area contributed by atoms with Gasteiger partial charge in [0, 0.05) is 25.6 Å². The maximum Gasteiger partial charge on any atom is 0.0677 e. The Morgan fingerprint density at radius 2 is 1.84 bits per heavy atom. The van der Waals surface area contributed by atoms with Crippen LogP contribution in [0.15, 0.2) is 54.4 Å². The maximum absolute atomic E-state index is 8.73. The first kappa shape index (κ1) is 19.4. The van der Waals surface area contributed by atoms with Gasteiger partial charge in [-0.25, -0.2) is 0 Å². The highest BCUT2D eigenvalue weighted by Crippen LogP contribution is 2.13. The fourth-order valence-corrected chi connectivity index (χ4v) is 2.70. The van der Waals surface area contributed by atoms with Crippen molar-refractivity contribution in [2.45, 2.75) is 39.0 Å². The zero-order valence-corrected chi connectivity index (χ0v) is 15.2. The first-order valence-corrected chi connectivity index (χ1v) is 9.11. The molecule has 1 aromatic carbocycles. The zero-order valence-electron chi connectivity index (χ0n) is 15.2. The van der Waals surface area contributed by atoms with Crippen LogP contribution in [-0.2, 0) is 11.2 Å². The molecule has 1 aromatic heterocycles. The first-order valence-electron chi connectivity index (χ1n) is 9.11. The second-order valence-corrected chi connectivity index (χ2v) is 6.46. The Morgan fingerprint density at radius 1 is 1.04 bits per heavy atom. The predicted octanol–water partition coefficient (Wildman–Crippen LogP) is 4.65. The molecule has 0 aliphatic heterocycles. The smallest absolute Gasteiger partial charge is 0.0677 e. The van der Waals surface area contributed by atoms with Crippen LogP contribution in [0, 0.1) is 0 Å². The highest BCUT2D eigenvalue weighted by Gasteiger charge is 1.98. The molecule has 3 heteroatoms. The van der Waals surface area contributed by atoms with Gasteiger partial charge in [0.2, 0.25) is 0 Å². The van der Waals surface area contributed by atoms with Crippen molar-refractivity contribution in [3.8, 4) is 0 Å². The lowest BCUT2D eigenvalue weighted by Gasteiger charge is -2.06. The molecule has 0 fully saturated rings. The topological polar surface area (TPSA) is 42.4 Å². The normalized spacial score (nSPS) is 11.7. The van der Waals surface area contributed by atoms with Gasteiger partial charge in [-0.2, -0.15) is 0 Å². The van der Waals surface area contributed by atoms with Gasteiger partial charge >= 0.3 is 0 Å². The molecular weight excluding hydrogens is 310 g/mol. The molecule has 3 nitrogen and oxygen atoms in total. The molecule has 25 heavy (non-hydrogen) atoms. The van der Waals surface area contributed by atoms with E-state index in [-0.39, 0.29) is 0 Å². The van der Waals surface area contributed by atoms with Crippen molar-refractivity contribution in [1.29, 1.82) is 0 Å². The quantitative estimate of drug-likeness (QED) is 0.606. The number of benzene rings is 1. The van der Waals surface area contributed by atoms with Crippen LogP contribution >= 0.6 is 0 Å². The van der Waals surface area contributed by atoms with Crippen molar-refractivity contribution >= 4 is 6.08 Å². The van der Waals surface area contributed by atoms with Crippen LogP contribution in [0.4, 0.5) is 0 Å². The van der Waals surface area contributed by atoms with Gasteiger partial charge in [0.25, 0.3) is 0 Å². The van der Waals surface area contributed by atoms with Crippen molar-refractivity contribution in [3.05, 3.63) is 71.1 Å². The SMILES string of the molecule is C/C(=C\c1ccc(Cc2cccnc2)cc1)COCCCCCCO. The van der Waals surface area contributed by atoms with E-state index in [1.165, 1.54) is 22.3 Å². The van der Waals surface area contributed by atoms with Gasteiger partial charge < -0.3 is 9.84 Å². The van der Waals surface area contributed by atoms with E-state index in [1.54, 1.807) is 6.20 Å². The van der Waals surface area contributed by atoms with Crippen LogP contribution in [-0.4, -0.2) is 29.9 Å². The third-order valence-corrected chi connectivity index (χ3v) is 4.05. The standard InChI is InChI=1S/C22H29NO2/c1-19(18-25-14-5-3-2-4-13-24)15-20-8-10-21(11-9-20)16-22-7-6-12-23-17-22/h6-12,15,17,24H,2-5,13-14,16,18H2,1H3/b19-15+. The molecule has 1 N–H and O–H groups in total. The van der Waals surface area contributed by atoms with E-state index in [2.05, 4.69) is 48.3 Å². The molecule has 0 bridgehead atoms. The number of hydrogen-bond acceptors (Lipinski definition) is 3. The Hall–Kier alpha value is -1.97. The van der Waals surface area contributed by atoms with Gasteiger partial charge in [0.1, 0.15) is 0 Å². The molecule has 134 valence electrons. The lowest BCUT2D eigenvalue weighted by Crippen LogP contribution is -1.98. The largest absolute Gasteiger partial charge is 0.396 e. The summed E-state index contributed by atoms with van der Waals surface area (Å²) in [6, 6.07) is 12.7. The number of aliphatic hydroxyl groups is 1. The Balaban J connectivity index is 1.72. The molecule has 0 unspecified atom stereocenters. The van der Waals surface area contributed by atoms with Crippen LogP contribution in [0.5, 0.6) is 0 Å². The fourth-order valence-electron chi connectivity index (χ4n) is 2.70. The van der Waals surface area contributed by atoms with Crippen LogP contribution in [0.25, 0.3) is 6.08 Å². The third-order valence-electron chi connectivity index (χ3n) is 4.05. The van der Waals surface area contributed by atoms with Gasteiger partial charge in [-0.1, -0.05) is 49.2 Å². The van der Waals surface area contributed by atoms with Crippen LogP contribution < -0.4 is 0 Å². The lowest BCUT2D eigenvalue weighted by molar-refractivity contribution is 0.151. The lowest BCUT2D eigenvalue weighted by atomic mass is 10.0. The average Bonchev–Trinajstić information content (AvgIpc) is 2.63. The van der Waals surface area contributed by atoms with Crippen molar-refractivity contribution in [1.82, 2.24) is 4.98 Å². The number of ether oxygens (including phenoxy) is 1. The van der Waals surface area contributed by atoms with Gasteiger partial charge in [0.05, 0.1) is 6.61 Å². The zero-order chi connectivity index (χ0) is 17.7. The number of nitrogens with zero attached hydrogens (tertiary/aromatic N) is 1. The van der Waals surface area contributed by atoms with Crippen molar-refractivity contribution in [2.75, 3.05) is 19.8 Å². The number of aromatic nitrogens is 1. The second-order valence-electron chi connectivity index (χ2n) is 6.46. The molecule has 0 aliphatic rings. The van der Waals surface area contributed by atoms with E-state index in [4.69, 9.17) is 9.84 Å². The molecular formula is C22H29NO2. The molecule has 0 radical (unpaired) electrons. The number of rotatable bonds is 11. The van der Waals surface area contributed by atoms with E-state index >= 15 is 0 Å². The fraction of sp³-hybridized carbons (Fsp3) is 0.409. The maximum atomic E-state index is 8.73. The number of pyridine rings is 1. The molecule has 0 aliphatic carbocycles. The summed E-state index contributed by atoms with van der Waals surface area (Å²) in [5, 5.41) is 8.73. The van der Waals surface area contributed by atoms with Crippen molar-refractivity contribution in [2.24, 2.45) is 0 Å². The summed E-state index contributed by atoms with van der Waals surface area (Å²) in [5.41, 5.74) is 4.96. The van der Waals surface area contributed by atoms with Gasteiger partial charge in [-0.15, -0.1) is 0 Å². The summed E-state index contributed by atoms with van der Waals surface area (Å²) in [7, 11) is 0. The summed E-state index contributed by atoms with van der Waals surface area (Å²) in [6.45, 7) is 3.87. The number of hydrogen-bond donors (Lipinski definition) is 1. The number of unbranched alkanes of at least 4 members (excludes halogenated alkanes) is 3. The highest BCUT2D eigenvalue weighted by molar-refractivity contribution is 5.53. The van der Waals surface area contributed by atoms with E-state index in [9.17, 15) is 0 Å². The summed E-state index contributed by atoms with van der Waals surface area (Å²) < 4.78 is 5.71. The Kier molecular flexibility index (Phi) is 8.95. The Bertz CT molecular complexity index is 620. The third kappa shape index (κ3) is 8.10. The minimum absolute atomic E-state index is 0.295. The average molecular weight is 339 g/mol. The molecule has 0 spiro atoms. The summed E-state index contributed by atoms with van der Waals surface area (Å²) in [6.07, 6.45) is 11.0. The molecule has 0 saturated carbocycles. The Labute approximate surface area is 151 Å². The minimum atomic E-state index is 0.295. The van der Waals surface area contributed by atoms with E-state index in [0.717, 1.165) is 38.7 Å². The van der Waals surface area contributed by atoms with E-state index in [1.807, 2.05) is 12.3 Å². The number of aliphatic hydroxyl groups excluding tert-OH is 1. The predicted molar refractivity (Wildman–Crippen MR) is 104 cm³/mol. The van der Waals surface area contributed by atoms with Crippen molar-refractivity contribution < 1.29 is 9.84 Å². The molecule has 2 rings (SSSR count). The Morgan fingerprint density at radius 3 is 2.56 bits per heavy atom. The van der Waals surface area contributed by atoms with Crippen LogP contribution in [0.3, 0.4) is 0 Å². The first-order chi connectivity index (χ1) is 12.3. The summed E-state index contributed by atoms with van der Waals surface area (Å²) in [5.74, 6) is 0. The molecule has 1 heterocycles. The van der Waals surface area contributed by atoms with Crippen LogP contribution in [0.1, 0.15) is 49.3 Å². The monoisotopic (exact) mass is 339 g/mol. The van der Waals surface area contributed by atoms with E-state index in [0.29, 0.717) is 13.2 Å². The molecule has 0 atom stereocenters. The van der Waals surface area contributed by atoms with Crippen molar-refractivity contribution in [3.63, 3.8) is 0 Å². The van der Waals surface area contributed by atoms with Gasteiger partial charge in [-0.05, 0) is 54.5 Å². The molecule has 0 saturated heterocycles. The minimum Gasteiger partial charge on any atom is -0.396 e. The van der Waals surface area contributed by atoms with Gasteiger partial charge in [0.15, 0.2) is 0 Å². The van der Waals surface area contributed by atoms with Crippen LogP contribution in [0.2, 0.25) is 0 Å². The van der Waals surface area contributed by atoms with Gasteiger partial charge in [-0.3, -0.25) is 4.98 Å². The highest BCUT2D eigenvalue weighted by atomic mass is 16.5. The molecule has 2 aromatic rings. The second kappa shape index (κ2) is 11.6. The summed E-state index contributed by atoms with van der Waals surface area (Å²) >= 11 is 0. The summed E-state index contributed by atoms with van der Waals surface area (Å²) in [4.78, 5) is 4.16. The van der Waals surface area contributed by atoms with E-state index < -0.39 is 0 Å².